The van der Waals surface area contributed by atoms with Gasteiger partial charge >= 0.3 is 33.3 Å². The van der Waals surface area contributed by atoms with Crippen LogP contribution in [0.3, 0.4) is 0 Å². The Bertz CT molecular complexity index is 1460. The summed E-state index contributed by atoms with van der Waals surface area (Å²) >= 11 is 13.1. The number of benzene rings is 4. The molecule has 4 aromatic carbocycles. The molecule has 196 valence electrons. The number of halogens is 4. The monoisotopic (exact) mass is 631 g/mol. The summed E-state index contributed by atoms with van der Waals surface area (Å²) in [6, 6.07) is 40.9. The van der Waals surface area contributed by atoms with Gasteiger partial charge in [-0.25, -0.2) is 15.0 Å². The number of aromatic nitrogens is 1. The first-order chi connectivity index (χ1) is 19.1. The first-order valence-corrected chi connectivity index (χ1v) is 15.5. The van der Waals surface area contributed by atoms with Gasteiger partial charge in [-0.1, -0.05) is 114 Å². The van der Waals surface area contributed by atoms with Crippen LogP contribution in [-0.4, -0.2) is 16.4 Å². The average molecular weight is 633 g/mol. The quantitative estimate of drug-likeness (QED) is 0.136. The van der Waals surface area contributed by atoms with E-state index in [1.165, 1.54) is 0 Å². The van der Waals surface area contributed by atoms with E-state index in [2.05, 4.69) is 0 Å². The molecular formula is C31H21Cl4FeN3. The Morgan fingerprint density at radius 2 is 0.846 bits per heavy atom. The molecule has 8 heteroatoms. The van der Waals surface area contributed by atoms with Crippen molar-refractivity contribution in [3.05, 3.63) is 160 Å². The summed E-state index contributed by atoms with van der Waals surface area (Å²) in [6.07, 6.45) is 0. The zero-order valence-electron chi connectivity index (χ0n) is 20.3. The van der Waals surface area contributed by atoms with Crippen LogP contribution in [0, 0.1) is 0 Å². The third kappa shape index (κ3) is 8.03. The molecule has 0 saturated carbocycles. The Balaban J connectivity index is 0.00000112. The Labute approximate surface area is 252 Å². The van der Waals surface area contributed by atoms with E-state index in [1.807, 2.05) is 127 Å². The van der Waals surface area contributed by atoms with Crippen molar-refractivity contribution in [3.8, 4) is 0 Å². The molecule has 0 aliphatic rings. The van der Waals surface area contributed by atoms with E-state index in [1.54, 1.807) is 0 Å². The van der Waals surface area contributed by atoms with E-state index in [-0.39, 0.29) is 13.1 Å². The predicted octanol–water partition coefficient (Wildman–Crippen LogP) is 10.1. The first-order valence-electron chi connectivity index (χ1n) is 11.7. The maximum absolute atomic E-state index is 6.45. The van der Waals surface area contributed by atoms with Gasteiger partial charge in [0.15, 0.2) is 0 Å². The van der Waals surface area contributed by atoms with Gasteiger partial charge in [-0.05, 0) is 36.4 Å². The molecule has 0 amide bonds. The van der Waals surface area contributed by atoms with Crippen LogP contribution < -0.4 is 0 Å². The molecule has 3 nitrogen and oxygen atoms in total. The molecule has 39 heavy (non-hydrogen) atoms. The molecule has 0 spiro atoms. The van der Waals surface area contributed by atoms with Crippen LogP contribution in [0.15, 0.2) is 137 Å². The molecule has 0 atom stereocenters. The number of rotatable bonds is 6. The van der Waals surface area contributed by atoms with Crippen LogP contribution in [0.5, 0.6) is 0 Å². The van der Waals surface area contributed by atoms with Crippen molar-refractivity contribution in [1.82, 2.24) is 4.98 Å². The molecule has 5 rings (SSSR count). The molecule has 1 aromatic heterocycles. The van der Waals surface area contributed by atoms with Gasteiger partial charge in [-0.3, -0.25) is 0 Å². The van der Waals surface area contributed by atoms with Crippen molar-refractivity contribution in [2.24, 2.45) is 9.98 Å². The van der Waals surface area contributed by atoms with Crippen LogP contribution >= 0.6 is 43.4 Å². The summed E-state index contributed by atoms with van der Waals surface area (Å²) in [5, 5.41) is 1.15. The predicted molar refractivity (Wildman–Crippen MR) is 162 cm³/mol. The van der Waals surface area contributed by atoms with Crippen LogP contribution in [0.1, 0.15) is 22.5 Å². The minimum atomic E-state index is 0.194. The second kappa shape index (κ2) is 15.0. The molecule has 0 saturated heterocycles. The average Bonchev–Trinajstić information content (AvgIpc) is 2.98. The van der Waals surface area contributed by atoms with Gasteiger partial charge in [0, 0.05) is 11.1 Å². The normalized spacial score (nSPS) is 11.6. The van der Waals surface area contributed by atoms with Gasteiger partial charge in [-0.2, -0.15) is 0 Å². The molecule has 1 heterocycles. The second-order valence-corrected chi connectivity index (χ2v) is 10.7. The van der Waals surface area contributed by atoms with Gasteiger partial charge < -0.3 is 0 Å². The second-order valence-electron chi connectivity index (χ2n) is 8.01. The van der Waals surface area contributed by atoms with Gasteiger partial charge in [0.2, 0.25) is 0 Å². The number of pyridine rings is 1. The van der Waals surface area contributed by atoms with E-state index >= 15 is 0 Å². The van der Waals surface area contributed by atoms with Crippen LogP contribution in [0.4, 0.5) is 11.4 Å². The van der Waals surface area contributed by atoms with Crippen LogP contribution in [-0.2, 0) is 13.1 Å². The first kappa shape index (κ1) is 29.0. The van der Waals surface area contributed by atoms with Gasteiger partial charge in [0.1, 0.15) is 0 Å². The fourth-order valence-electron chi connectivity index (χ4n) is 3.76. The standard InChI is InChI=1S/C31H21Cl2N3.2ClH.Fe/c32-24-16-7-9-18-26(24)35-30(22-12-3-1-4-13-22)28-20-11-21-29(34-28)31(23-14-5-2-6-15-23)36-27-19-10-8-17-25(27)33;;;/h1-21H;2*1H;/q;;;+2/p-2. The van der Waals surface area contributed by atoms with Crippen molar-refractivity contribution < 1.29 is 13.1 Å². The Kier molecular flexibility index (Phi) is 11.2. The molecule has 0 unspecified atom stereocenters. The fraction of sp³-hybridized carbons (Fsp3) is 0. The van der Waals surface area contributed by atoms with Crippen LogP contribution in [0.25, 0.3) is 0 Å². The number of hydrogen-bond donors (Lipinski definition) is 0. The molecule has 0 N–H and O–H groups in total. The van der Waals surface area contributed by atoms with Crippen LogP contribution in [0.2, 0.25) is 10.0 Å². The molecule has 0 aliphatic heterocycles. The van der Waals surface area contributed by atoms with Crippen molar-refractivity contribution in [2.75, 3.05) is 0 Å². The summed E-state index contributed by atoms with van der Waals surface area (Å²) in [4.78, 5) is 14.9. The van der Waals surface area contributed by atoms with Gasteiger partial charge in [0.05, 0.1) is 44.2 Å². The summed E-state index contributed by atoms with van der Waals surface area (Å²) in [6.45, 7) is 0. The molecule has 0 radical (unpaired) electrons. The number of aliphatic imine (C=N–C) groups is 2. The molecule has 5 aromatic rings. The summed E-state index contributed by atoms with van der Waals surface area (Å²) in [5.74, 6) is 0. The van der Waals surface area contributed by atoms with Gasteiger partial charge in [0.25, 0.3) is 0 Å². The van der Waals surface area contributed by atoms with E-state index in [0.29, 0.717) is 32.8 Å². The zero-order chi connectivity index (χ0) is 27.5. The molecule has 0 fully saturated rings. The topological polar surface area (TPSA) is 37.6 Å². The van der Waals surface area contributed by atoms with Crippen molar-refractivity contribution >= 4 is 66.2 Å². The maximum atomic E-state index is 6.45. The third-order valence-corrected chi connectivity index (χ3v) is 6.14. The van der Waals surface area contributed by atoms with Gasteiger partial charge in [-0.15, -0.1) is 0 Å². The molecule has 0 aliphatic carbocycles. The minimum absolute atomic E-state index is 0.194. The summed E-state index contributed by atoms with van der Waals surface area (Å²) in [5.41, 5.74) is 6.09. The molecular weight excluding hydrogens is 612 g/mol. The molecule has 0 bridgehead atoms. The third-order valence-electron chi connectivity index (χ3n) is 5.50. The summed E-state index contributed by atoms with van der Waals surface area (Å²) < 4.78 is 0. The van der Waals surface area contributed by atoms with E-state index in [0.717, 1.165) is 22.6 Å². The number of nitrogens with zero attached hydrogens (tertiary/aromatic N) is 3. The fourth-order valence-corrected chi connectivity index (χ4v) is 4.11. The van der Waals surface area contributed by atoms with Crippen molar-refractivity contribution in [3.63, 3.8) is 0 Å². The van der Waals surface area contributed by atoms with Crippen molar-refractivity contribution in [2.45, 2.75) is 0 Å². The van der Waals surface area contributed by atoms with E-state index < -0.39 is 0 Å². The summed E-state index contributed by atoms with van der Waals surface area (Å²) in [7, 11) is 9.53. The van der Waals surface area contributed by atoms with E-state index in [9.17, 15) is 0 Å². The zero-order valence-corrected chi connectivity index (χ0v) is 24.5. The Hall–Kier alpha value is -2.95. The Morgan fingerprint density at radius 3 is 1.23 bits per heavy atom. The van der Waals surface area contributed by atoms with E-state index in [4.69, 9.17) is 58.4 Å². The number of hydrogen-bond acceptors (Lipinski definition) is 3. The Morgan fingerprint density at radius 1 is 0.487 bits per heavy atom. The van der Waals surface area contributed by atoms with Crippen molar-refractivity contribution in [1.29, 1.82) is 0 Å². The SMILES string of the molecule is Clc1ccccc1N=C(c1ccccc1)c1cccc(C(=Nc2ccccc2Cl)c2ccccc2)n1.[Cl][Fe][Cl]. The number of para-hydroxylation sites is 2.